The monoisotopic (exact) mass is 272 g/mol. The van der Waals surface area contributed by atoms with Crippen LogP contribution < -0.4 is 5.32 Å². The third kappa shape index (κ3) is 3.83. The minimum Gasteiger partial charge on any atom is -0.481 e. The molecule has 6 nitrogen and oxygen atoms in total. The fourth-order valence-electron chi connectivity index (χ4n) is 2.33. The van der Waals surface area contributed by atoms with Crippen LogP contribution >= 0.6 is 0 Å². The molecule has 1 aliphatic heterocycles. The summed E-state index contributed by atoms with van der Waals surface area (Å²) in [5.74, 6) is -0.900. The molecule has 0 bridgehead atoms. The quantitative estimate of drug-likeness (QED) is 0.794. The van der Waals surface area contributed by atoms with Gasteiger partial charge in [-0.3, -0.25) is 4.79 Å². The van der Waals surface area contributed by atoms with Gasteiger partial charge in [0.05, 0.1) is 18.1 Å². The summed E-state index contributed by atoms with van der Waals surface area (Å²) in [6, 6.07) is -0.556. The van der Waals surface area contributed by atoms with Gasteiger partial charge < -0.3 is 20.1 Å². The van der Waals surface area contributed by atoms with E-state index in [1.807, 2.05) is 20.8 Å². The van der Waals surface area contributed by atoms with Crippen LogP contribution in [0.25, 0.3) is 0 Å². The van der Waals surface area contributed by atoms with Crippen molar-refractivity contribution in [3.63, 3.8) is 0 Å². The Kier molecular flexibility index (Phi) is 5.17. The van der Waals surface area contributed by atoms with E-state index in [0.717, 1.165) is 6.42 Å². The van der Waals surface area contributed by atoms with Gasteiger partial charge in [0.25, 0.3) is 0 Å². The average molecular weight is 272 g/mol. The van der Waals surface area contributed by atoms with E-state index in [0.29, 0.717) is 13.2 Å². The van der Waals surface area contributed by atoms with E-state index in [9.17, 15) is 9.59 Å². The lowest BCUT2D eigenvalue weighted by Crippen LogP contribution is -2.56. The standard InChI is InChI=1S/C13H24N2O4/c1-5-15(9(2)8-11(16)17)12(18)14-13(4)6-7-19-10(13)3/h9-10H,5-8H2,1-4H3,(H,14,18)(H,16,17). The van der Waals surface area contributed by atoms with E-state index in [4.69, 9.17) is 9.84 Å². The van der Waals surface area contributed by atoms with E-state index in [-0.39, 0.29) is 30.1 Å². The fourth-order valence-corrected chi connectivity index (χ4v) is 2.33. The van der Waals surface area contributed by atoms with Crippen molar-refractivity contribution in [3.05, 3.63) is 0 Å². The molecule has 0 aromatic heterocycles. The van der Waals surface area contributed by atoms with E-state index >= 15 is 0 Å². The first-order valence-corrected chi connectivity index (χ1v) is 6.72. The summed E-state index contributed by atoms with van der Waals surface area (Å²) in [4.78, 5) is 24.6. The van der Waals surface area contributed by atoms with Gasteiger partial charge in [0.1, 0.15) is 0 Å². The van der Waals surface area contributed by atoms with Gasteiger partial charge in [0.15, 0.2) is 0 Å². The second kappa shape index (κ2) is 6.23. The molecule has 1 saturated heterocycles. The van der Waals surface area contributed by atoms with Crippen molar-refractivity contribution < 1.29 is 19.4 Å². The summed E-state index contributed by atoms with van der Waals surface area (Å²) in [6.07, 6.45) is 0.680. The molecular weight excluding hydrogens is 248 g/mol. The second-order valence-corrected chi connectivity index (χ2v) is 5.34. The van der Waals surface area contributed by atoms with E-state index < -0.39 is 5.97 Å². The van der Waals surface area contributed by atoms with Gasteiger partial charge in [0, 0.05) is 19.2 Å². The van der Waals surface area contributed by atoms with Crippen LogP contribution in [0.3, 0.4) is 0 Å². The smallest absolute Gasteiger partial charge is 0.318 e. The number of nitrogens with zero attached hydrogens (tertiary/aromatic N) is 1. The van der Waals surface area contributed by atoms with Crippen molar-refractivity contribution >= 4 is 12.0 Å². The minimum atomic E-state index is -0.900. The molecule has 110 valence electrons. The van der Waals surface area contributed by atoms with Gasteiger partial charge in [-0.1, -0.05) is 0 Å². The molecule has 0 spiro atoms. The number of nitrogens with one attached hydrogen (secondary N) is 1. The number of carbonyl (C=O) groups excluding carboxylic acids is 1. The van der Waals surface area contributed by atoms with Gasteiger partial charge >= 0.3 is 12.0 Å². The molecule has 19 heavy (non-hydrogen) atoms. The molecule has 0 aromatic carbocycles. The van der Waals surface area contributed by atoms with Crippen molar-refractivity contribution in [2.45, 2.75) is 58.2 Å². The molecule has 3 atom stereocenters. The maximum absolute atomic E-state index is 12.3. The zero-order chi connectivity index (χ0) is 14.6. The first kappa shape index (κ1) is 15.8. The molecular formula is C13H24N2O4. The maximum atomic E-state index is 12.3. The molecule has 0 saturated carbocycles. The normalized spacial score (nSPS) is 27.9. The minimum absolute atomic E-state index is 0.0371. The molecule has 6 heteroatoms. The Hall–Kier alpha value is -1.30. The highest BCUT2D eigenvalue weighted by atomic mass is 16.5. The highest BCUT2D eigenvalue weighted by molar-refractivity contribution is 5.76. The summed E-state index contributed by atoms with van der Waals surface area (Å²) in [5.41, 5.74) is -0.382. The van der Waals surface area contributed by atoms with Crippen LogP contribution in [0.15, 0.2) is 0 Å². The third-order valence-corrected chi connectivity index (χ3v) is 3.88. The molecule has 0 aromatic rings. The van der Waals surface area contributed by atoms with E-state index in [1.165, 1.54) is 0 Å². The lowest BCUT2D eigenvalue weighted by molar-refractivity contribution is -0.138. The second-order valence-electron chi connectivity index (χ2n) is 5.34. The Bertz CT molecular complexity index is 348. The first-order valence-electron chi connectivity index (χ1n) is 6.72. The molecule has 1 rings (SSSR count). The van der Waals surface area contributed by atoms with E-state index in [1.54, 1.807) is 11.8 Å². The largest absolute Gasteiger partial charge is 0.481 e. The SMILES string of the molecule is CCN(C(=O)NC1(C)CCOC1C)C(C)CC(=O)O. The Morgan fingerprint density at radius 1 is 1.58 bits per heavy atom. The molecule has 1 aliphatic rings. The number of hydrogen-bond donors (Lipinski definition) is 2. The molecule has 0 aliphatic carbocycles. The van der Waals surface area contributed by atoms with Crippen molar-refractivity contribution in [1.82, 2.24) is 10.2 Å². The summed E-state index contributed by atoms with van der Waals surface area (Å²) in [7, 11) is 0. The molecule has 0 radical (unpaired) electrons. The maximum Gasteiger partial charge on any atom is 0.318 e. The predicted molar refractivity (Wildman–Crippen MR) is 71.1 cm³/mol. The van der Waals surface area contributed by atoms with Gasteiger partial charge in [-0.2, -0.15) is 0 Å². The van der Waals surface area contributed by atoms with Crippen molar-refractivity contribution in [2.24, 2.45) is 0 Å². The van der Waals surface area contributed by atoms with Crippen LogP contribution in [0.5, 0.6) is 0 Å². The summed E-state index contributed by atoms with van der Waals surface area (Å²) < 4.78 is 5.48. The number of amides is 2. The van der Waals surface area contributed by atoms with Crippen molar-refractivity contribution in [3.8, 4) is 0 Å². The Morgan fingerprint density at radius 2 is 2.21 bits per heavy atom. The average Bonchev–Trinajstić information content (AvgIpc) is 2.58. The Balaban J connectivity index is 2.66. The zero-order valence-electron chi connectivity index (χ0n) is 12.1. The molecule has 1 fully saturated rings. The lowest BCUT2D eigenvalue weighted by Gasteiger charge is -2.34. The molecule has 2 amide bonds. The highest BCUT2D eigenvalue weighted by Gasteiger charge is 2.39. The highest BCUT2D eigenvalue weighted by Crippen LogP contribution is 2.25. The van der Waals surface area contributed by atoms with Gasteiger partial charge in [0.2, 0.25) is 0 Å². The summed E-state index contributed by atoms with van der Waals surface area (Å²) >= 11 is 0. The van der Waals surface area contributed by atoms with Gasteiger partial charge in [-0.05, 0) is 34.1 Å². The summed E-state index contributed by atoms with van der Waals surface area (Å²) in [6.45, 7) is 8.59. The van der Waals surface area contributed by atoms with Crippen LogP contribution in [-0.2, 0) is 9.53 Å². The topological polar surface area (TPSA) is 78.9 Å². The van der Waals surface area contributed by atoms with Crippen molar-refractivity contribution in [1.29, 1.82) is 0 Å². The molecule has 1 heterocycles. The van der Waals surface area contributed by atoms with E-state index in [2.05, 4.69) is 5.32 Å². The number of aliphatic carboxylic acids is 1. The summed E-state index contributed by atoms with van der Waals surface area (Å²) in [5, 5.41) is 11.8. The van der Waals surface area contributed by atoms with Crippen molar-refractivity contribution in [2.75, 3.05) is 13.2 Å². The number of rotatable bonds is 5. The van der Waals surface area contributed by atoms with Crippen LogP contribution in [0.2, 0.25) is 0 Å². The zero-order valence-corrected chi connectivity index (χ0v) is 12.1. The van der Waals surface area contributed by atoms with Crippen LogP contribution in [0.1, 0.15) is 40.5 Å². The number of urea groups is 1. The number of carboxylic acids is 1. The Morgan fingerprint density at radius 3 is 2.63 bits per heavy atom. The van der Waals surface area contributed by atoms with Crippen LogP contribution in [-0.4, -0.2) is 52.8 Å². The fraction of sp³-hybridized carbons (Fsp3) is 0.846. The van der Waals surface area contributed by atoms with Gasteiger partial charge in [-0.25, -0.2) is 4.79 Å². The lowest BCUT2D eigenvalue weighted by atomic mass is 9.95. The van der Waals surface area contributed by atoms with Gasteiger partial charge in [-0.15, -0.1) is 0 Å². The van der Waals surface area contributed by atoms with Crippen LogP contribution in [0.4, 0.5) is 4.79 Å². The van der Waals surface area contributed by atoms with Crippen LogP contribution in [0, 0.1) is 0 Å². The predicted octanol–water partition coefficient (Wildman–Crippen LogP) is 1.45. The molecule has 2 N–H and O–H groups in total. The number of carbonyl (C=O) groups is 2. The molecule has 3 unspecified atom stereocenters. The third-order valence-electron chi connectivity index (χ3n) is 3.88. The first-order chi connectivity index (χ1) is 8.80. The number of carboxylic acid groups (broad SMARTS) is 1. The number of ether oxygens (including phenoxy) is 1. The number of hydrogen-bond acceptors (Lipinski definition) is 3. The Labute approximate surface area is 114 Å².